The lowest BCUT2D eigenvalue weighted by Gasteiger charge is -2.41. The first-order chi connectivity index (χ1) is 32.8. The second-order valence-corrected chi connectivity index (χ2v) is 22.1. The zero-order valence-corrected chi connectivity index (χ0v) is 44.4. The summed E-state index contributed by atoms with van der Waals surface area (Å²) in [5, 5.41) is 73.9. The van der Waals surface area contributed by atoms with Crippen LogP contribution in [0.1, 0.15) is 277 Å². The molecule has 1 fully saturated rings. The van der Waals surface area contributed by atoms with Gasteiger partial charge >= 0.3 is 7.82 Å². The molecular weight excluding hydrogens is 886 g/mol. The van der Waals surface area contributed by atoms with Gasteiger partial charge in [0.15, 0.2) is 0 Å². The van der Waals surface area contributed by atoms with Crippen molar-refractivity contribution < 1.29 is 59.0 Å². The predicted molar refractivity (Wildman–Crippen MR) is 275 cm³/mol. The molecule has 68 heavy (non-hydrogen) atoms. The standard InChI is InChI=1S/C54H108NO12P/c1-3-5-7-8-9-10-11-12-13-14-15-16-17-18-19-20-21-22-23-24-25-26-27-28-29-30-31-32-33-34-35-36-37-38-40-41-45(56)43-48(58)55-46(47(57)42-39-6-4-2)44-66-68(64,65)67-54-52(62)50(60)49(59)51(61)53(54)63/h45-47,49-54,56-57,59-63H,3-44H2,1-2H3,(H,55,58)(H,64,65). The molecule has 1 aliphatic rings. The second kappa shape index (κ2) is 43.8. The molecule has 0 bridgehead atoms. The third-order valence-corrected chi connectivity index (χ3v) is 15.2. The van der Waals surface area contributed by atoms with E-state index in [-0.39, 0.29) is 12.8 Å². The molecule has 0 aromatic heterocycles. The third kappa shape index (κ3) is 34.6. The van der Waals surface area contributed by atoms with Gasteiger partial charge in [-0.25, -0.2) is 4.57 Å². The molecule has 9 N–H and O–H groups in total. The van der Waals surface area contributed by atoms with Gasteiger partial charge in [0.2, 0.25) is 5.91 Å². The molecule has 0 spiro atoms. The van der Waals surface area contributed by atoms with Crippen LogP contribution in [0.3, 0.4) is 0 Å². The highest BCUT2D eigenvalue weighted by molar-refractivity contribution is 7.47. The summed E-state index contributed by atoms with van der Waals surface area (Å²) < 4.78 is 22.6. The van der Waals surface area contributed by atoms with Gasteiger partial charge < -0.3 is 46.0 Å². The molecule has 1 amide bonds. The zero-order chi connectivity index (χ0) is 50.1. The number of carbonyl (C=O) groups is 1. The number of nitrogens with one attached hydrogen (secondary N) is 1. The number of carbonyl (C=O) groups excluding carboxylic acids is 1. The second-order valence-electron chi connectivity index (χ2n) is 20.7. The number of aliphatic hydroxyl groups is 7. The maximum atomic E-state index is 12.9. The molecular formula is C54H108NO12P. The van der Waals surface area contributed by atoms with Gasteiger partial charge in [-0.2, -0.15) is 0 Å². The summed E-state index contributed by atoms with van der Waals surface area (Å²) in [6.07, 6.45) is 36.4. The van der Waals surface area contributed by atoms with Crippen LogP contribution < -0.4 is 5.32 Å². The van der Waals surface area contributed by atoms with Crippen LogP contribution in [0.5, 0.6) is 0 Å². The first-order valence-electron chi connectivity index (χ1n) is 28.6. The van der Waals surface area contributed by atoms with Crippen molar-refractivity contribution in [2.45, 2.75) is 332 Å². The number of rotatable bonds is 49. The lowest BCUT2D eigenvalue weighted by atomic mass is 9.85. The van der Waals surface area contributed by atoms with E-state index in [9.17, 15) is 50.0 Å². The van der Waals surface area contributed by atoms with E-state index in [1.165, 1.54) is 199 Å². The topological polar surface area (TPSA) is 226 Å². The smallest absolute Gasteiger partial charge is 0.393 e. The van der Waals surface area contributed by atoms with E-state index in [0.717, 1.165) is 38.5 Å². The Kier molecular flexibility index (Phi) is 42.1. The van der Waals surface area contributed by atoms with Crippen molar-refractivity contribution in [3.05, 3.63) is 0 Å². The van der Waals surface area contributed by atoms with Gasteiger partial charge in [0, 0.05) is 0 Å². The Morgan fingerprint density at radius 2 is 0.735 bits per heavy atom. The Hall–Kier alpha value is -0.700. The summed E-state index contributed by atoms with van der Waals surface area (Å²) >= 11 is 0. The number of hydrogen-bond acceptors (Lipinski definition) is 11. The number of phosphoric acid groups is 1. The van der Waals surface area contributed by atoms with Crippen molar-refractivity contribution >= 4 is 13.7 Å². The summed E-state index contributed by atoms with van der Waals surface area (Å²) in [4.78, 5) is 23.2. The van der Waals surface area contributed by atoms with E-state index in [0.29, 0.717) is 12.8 Å². The Balaban J connectivity index is 2.00. The lowest BCUT2D eigenvalue weighted by Crippen LogP contribution is -2.64. The van der Waals surface area contributed by atoms with Crippen molar-refractivity contribution in [1.29, 1.82) is 0 Å². The van der Waals surface area contributed by atoms with E-state index in [2.05, 4.69) is 12.2 Å². The summed E-state index contributed by atoms with van der Waals surface area (Å²) in [7, 11) is -5.09. The molecule has 8 unspecified atom stereocenters. The molecule has 0 aliphatic heterocycles. The Bertz CT molecular complexity index is 1170. The van der Waals surface area contributed by atoms with Gasteiger partial charge in [0.25, 0.3) is 0 Å². The molecule has 13 nitrogen and oxygen atoms in total. The maximum Gasteiger partial charge on any atom is 0.472 e. The Morgan fingerprint density at radius 3 is 1.07 bits per heavy atom. The molecule has 406 valence electrons. The van der Waals surface area contributed by atoms with Crippen molar-refractivity contribution in [1.82, 2.24) is 5.32 Å². The van der Waals surface area contributed by atoms with Crippen LogP contribution in [0, 0.1) is 0 Å². The molecule has 0 heterocycles. The third-order valence-electron chi connectivity index (χ3n) is 14.2. The number of amides is 1. The molecule has 1 saturated carbocycles. The molecule has 0 saturated heterocycles. The Labute approximate surface area is 415 Å². The highest BCUT2D eigenvalue weighted by Crippen LogP contribution is 2.47. The minimum Gasteiger partial charge on any atom is -0.393 e. The summed E-state index contributed by atoms with van der Waals surface area (Å²) in [6, 6.07) is -1.15. The highest BCUT2D eigenvalue weighted by atomic mass is 31.2. The van der Waals surface area contributed by atoms with Crippen LogP contribution in [-0.4, -0.2) is 108 Å². The molecule has 0 aromatic carbocycles. The normalized spacial score (nSPS) is 22.0. The van der Waals surface area contributed by atoms with Gasteiger partial charge in [0.1, 0.15) is 36.6 Å². The van der Waals surface area contributed by atoms with Crippen molar-refractivity contribution in [2.75, 3.05) is 6.61 Å². The van der Waals surface area contributed by atoms with E-state index < -0.39 is 75.2 Å². The monoisotopic (exact) mass is 994 g/mol. The van der Waals surface area contributed by atoms with Crippen LogP contribution in [0.15, 0.2) is 0 Å². The minimum absolute atomic E-state index is 0.219. The molecule has 1 rings (SSSR count). The Morgan fingerprint density at radius 1 is 0.456 bits per heavy atom. The summed E-state index contributed by atoms with van der Waals surface area (Å²) in [5.74, 6) is -0.566. The number of unbranched alkanes of at least 4 members (excludes halogenated alkanes) is 36. The van der Waals surface area contributed by atoms with Crippen LogP contribution in [0.4, 0.5) is 0 Å². The maximum absolute atomic E-state index is 12.9. The summed E-state index contributed by atoms with van der Waals surface area (Å²) in [5.41, 5.74) is 0. The van der Waals surface area contributed by atoms with Crippen molar-refractivity contribution in [3.8, 4) is 0 Å². The molecule has 8 atom stereocenters. The van der Waals surface area contributed by atoms with Crippen LogP contribution in [0.25, 0.3) is 0 Å². The largest absolute Gasteiger partial charge is 0.472 e. The lowest BCUT2D eigenvalue weighted by molar-refractivity contribution is -0.220. The van der Waals surface area contributed by atoms with E-state index in [1.54, 1.807) is 0 Å². The molecule has 14 heteroatoms. The van der Waals surface area contributed by atoms with E-state index >= 15 is 0 Å². The quantitative estimate of drug-likeness (QED) is 0.0205. The fourth-order valence-electron chi connectivity index (χ4n) is 9.60. The first kappa shape index (κ1) is 65.3. The SMILES string of the molecule is CCCCCCCCCCCCCCCCCCCCCCCCCCCCCCCCCCCCCC(O)CC(=O)NC(COP(=O)(O)OC1C(O)C(O)C(O)C(O)C1O)C(O)CCCCC. The van der Waals surface area contributed by atoms with E-state index in [1.807, 2.05) is 6.92 Å². The van der Waals surface area contributed by atoms with Gasteiger partial charge in [-0.1, -0.05) is 258 Å². The van der Waals surface area contributed by atoms with Crippen LogP contribution in [0.2, 0.25) is 0 Å². The molecule has 0 aromatic rings. The zero-order valence-electron chi connectivity index (χ0n) is 43.6. The fourth-order valence-corrected chi connectivity index (χ4v) is 10.6. The van der Waals surface area contributed by atoms with Crippen LogP contribution >= 0.6 is 7.82 Å². The fraction of sp³-hybridized carbons (Fsp3) is 0.981. The molecule has 0 radical (unpaired) electrons. The highest BCUT2D eigenvalue weighted by Gasteiger charge is 2.51. The van der Waals surface area contributed by atoms with Gasteiger partial charge in [-0.3, -0.25) is 13.8 Å². The predicted octanol–water partition coefficient (Wildman–Crippen LogP) is 11.5. The van der Waals surface area contributed by atoms with Crippen molar-refractivity contribution in [2.24, 2.45) is 0 Å². The van der Waals surface area contributed by atoms with Gasteiger partial charge in [-0.05, 0) is 12.8 Å². The van der Waals surface area contributed by atoms with Crippen LogP contribution in [-0.2, 0) is 18.4 Å². The van der Waals surface area contributed by atoms with Crippen molar-refractivity contribution in [3.63, 3.8) is 0 Å². The number of hydrogen-bond donors (Lipinski definition) is 9. The average molecular weight is 994 g/mol. The van der Waals surface area contributed by atoms with Gasteiger partial charge in [-0.15, -0.1) is 0 Å². The minimum atomic E-state index is -5.09. The van der Waals surface area contributed by atoms with Gasteiger partial charge in [0.05, 0.1) is 31.3 Å². The van der Waals surface area contributed by atoms with E-state index in [4.69, 9.17) is 9.05 Å². The first-order valence-corrected chi connectivity index (χ1v) is 30.1. The average Bonchev–Trinajstić information content (AvgIpc) is 3.31. The summed E-state index contributed by atoms with van der Waals surface area (Å²) in [6.45, 7) is 3.60. The molecule has 1 aliphatic carbocycles. The number of aliphatic hydroxyl groups excluding tert-OH is 7. The number of phosphoric ester groups is 1.